The summed E-state index contributed by atoms with van der Waals surface area (Å²) >= 11 is 3.17. The molecule has 0 saturated carbocycles. The molecule has 1 aromatic carbocycles. The Morgan fingerprint density at radius 3 is 2.93 bits per heavy atom. The number of nitrogens with zero attached hydrogens (tertiary/aromatic N) is 2. The van der Waals surface area contributed by atoms with E-state index in [0.29, 0.717) is 15.9 Å². The van der Waals surface area contributed by atoms with E-state index in [0.717, 1.165) is 0 Å². The van der Waals surface area contributed by atoms with E-state index in [1.807, 2.05) is 0 Å². The second-order valence-corrected chi connectivity index (χ2v) is 3.68. The maximum atomic E-state index is 10.7. The van der Waals surface area contributed by atoms with Crippen LogP contribution in [0.3, 0.4) is 0 Å². The summed E-state index contributed by atoms with van der Waals surface area (Å²) < 4.78 is 5.76. The van der Waals surface area contributed by atoms with Gasteiger partial charge in [-0.25, -0.2) is 4.98 Å². The fraction of sp³-hybridized carbons (Fsp3) is 0.125. The zero-order chi connectivity index (χ0) is 10.3. The van der Waals surface area contributed by atoms with Crippen molar-refractivity contribution in [3.63, 3.8) is 0 Å². The zero-order valence-corrected chi connectivity index (χ0v) is 8.74. The highest BCUT2D eigenvalue weighted by molar-refractivity contribution is 9.10. The molecule has 2 aromatic rings. The molecule has 5 nitrogen and oxygen atoms in total. The molecule has 1 heterocycles. The van der Waals surface area contributed by atoms with E-state index >= 15 is 0 Å². The molecule has 1 aromatic heterocycles. The van der Waals surface area contributed by atoms with Gasteiger partial charge in [0.05, 0.1) is 4.92 Å². The molecule has 0 atom stereocenters. The van der Waals surface area contributed by atoms with Crippen molar-refractivity contribution in [2.75, 3.05) is 0 Å². The van der Waals surface area contributed by atoms with Crippen LogP contribution in [-0.4, -0.2) is 9.91 Å². The van der Waals surface area contributed by atoms with Crippen LogP contribution in [0, 0.1) is 17.0 Å². The monoisotopic (exact) mass is 256 g/mol. The van der Waals surface area contributed by atoms with Gasteiger partial charge in [-0.15, -0.1) is 0 Å². The largest absolute Gasteiger partial charge is 0.434 e. The number of aryl methyl sites for hydroxylation is 1. The second-order valence-electron chi connectivity index (χ2n) is 2.76. The molecule has 72 valence electrons. The van der Waals surface area contributed by atoms with Crippen molar-refractivity contribution in [1.82, 2.24) is 4.98 Å². The van der Waals surface area contributed by atoms with E-state index in [2.05, 4.69) is 20.9 Å². The average Bonchev–Trinajstić information content (AvgIpc) is 2.42. The number of benzene rings is 1. The van der Waals surface area contributed by atoms with Crippen LogP contribution in [0.15, 0.2) is 21.0 Å². The number of hydrogen-bond acceptors (Lipinski definition) is 4. The van der Waals surface area contributed by atoms with E-state index in [4.69, 9.17) is 4.42 Å². The first-order chi connectivity index (χ1) is 6.58. The topological polar surface area (TPSA) is 69.2 Å². The lowest BCUT2D eigenvalue weighted by molar-refractivity contribution is -0.383. The molecule has 0 fully saturated rings. The Bertz CT molecular complexity index is 521. The SMILES string of the molecule is Cc1nc2cc(Br)cc([N+](=O)[O-])c2o1. The van der Waals surface area contributed by atoms with Crippen LogP contribution < -0.4 is 0 Å². The van der Waals surface area contributed by atoms with Crippen molar-refractivity contribution in [3.8, 4) is 0 Å². The molecule has 0 radical (unpaired) electrons. The van der Waals surface area contributed by atoms with Gasteiger partial charge in [-0.2, -0.15) is 0 Å². The van der Waals surface area contributed by atoms with E-state index in [-0.39, 0.29) is 11.3 Å². The molecular weight excluding hydrogens is 252 g/mol. The summed E-state index contributed by atoms with van der Waals surface area (Å²) in [4.78, 5) is 14.2. The first kappa shape index (κ1) is 9.14. The van der Waals surface area contributed by atoms with Crippen molar-refractivity contribution in [2.24, 2.45) is 0 Å². The summed E-state index contributed by atoms with van der Waals surface area (Å²) in [6.07, 6.45) is 0. The van der Waals surface area contributed by atoms with Gasteiger partial charge < -0.3 is 4.42 Å². The molecule has 0 saturated heterocycles. The Labute approximate surface area is 87.0 Å². The molecule has 2 rings (SSSR count). The Morgan fingerprint density at radius 1 is 1.57 bits per heavy atom. The minimum atomic E-state index is -0.488. The highest BCUT2D eigenvalue weighted by Gasteiger charge is 2.18. The lowest BCUT2D eigenvalue weighted by Crippen LogP contribution is -1.88. The maximum absolute atomic E-state index is 10.7. The number of oxazole rings is 1. The summed E-state index contributed by atoms with van der Waals surface area (Å²) in [6.45, 7) is 1.65. The summed E-state index contributed by atoms with van der Waals surface area (Å²) in [7, 11) is 0. The third-order valence-corrected chi connectivity index (χ3v) is 2.20. The summed E-state index contributed by atoms with van der Waals surface area (Å²) in [5, 5.41) is 10.7. The molecule has 0 unspecified atom stereocenters. The molecule has 0 aliphatic carbocycles. The second kappa shape index (κ2) is 3.06. The third kappa shape index (κ3) is 1.37. The van der Waals surface area contributed by atoms with Crippen molar-refractivity contribution in [1.29, 1.82) is 0 Å². The molecule has 0 aliphatic rings. The first-order valence-electron chi connectivity index (χ1n) is 3.79. The average molecular weight is 257 g/mol. The summed E-state index contributed by atoms with van der Waals surface area (Å²) in [5.74, 6) is 0.418. The van der Waals surface area contributed by atoms with Crippen molar-refractivity contribution < 1.29 is 9.34 Å². The molecular formula is C8H5BrN2O3. The maximum Gasteiger partial charge on any atom is 0.315 e. The number of aromatic nitrogens is 1. The lowest BCUT2D eigenvalue weighted by atomic mass is 10.3. The number of halogens is 1. The number of fused-ring (bicyclic) bond motifs is 1. The van der Waals surface area contributed by atoms with Gasteiger partial charge in [0.2, 0.25) is 5.58 Å². The smallest absolute Gasteiger partial charge is 0.315 e. The standard InChI is InChI=1S/C8H5BrN2O3/c1-4-10-6-2-5(9)3-7(11(12)13)8(6)14-4/h2-3H,1H3. The normalized spacial score (nSPS) is 10.7. The van der Waals surface area contributed by atoms with E-state index < -0.39 is 4.92 Å². The number of nitro groups is 1. The third-order valence-electron chi connectivity index (χ3n) is 1.74. The first-order valence-corrected chi connectivity index (χ1v) is 4.58. The predicted molar refractivity (Wildman–Crippen MR) is 53.1 cm³/mol. The fourth-order valence-electron chi connectivity index (χ4n) is 1.23. The predicted octanol–water partition coefficient (Wildman–Crippen LogP) is 2.81. The molecule has 0 spiro atoms. The van der Waals surface area contributed by atoms with Gasteiger partial charge in [-0.1, -0.05) is 15.9 Å². The number of rotatable bonds is 1. The molecule has 0 bridgehead atoms. The number of hydrogen-bond donors (Lipinski definition) is 0. The summed E-state index contributed by atoms with van der Waals surface area (Å²) in [5.41, 5.74) is 0.634. The quantitative estimate of drug-likeness (QED) is 0.581. The lowest BCUT2D eigenvalue weighted by Gasteiger charge is -1.92. The fourth-order valence-corrected chi connectivity index (χ4v) is 1.66. The number of non-ortho nitro benzene ring substituents is 1. The molecule has 0 amide bonds. The van der Waals surface area contributed by atoms with Crippen LogP contribution in [0.4, 0.5) is 5.69 Å². The van der Waals surface area contributed by atoms with E-state index in [9.17, 15) is 10.1 Å². The van der Waals surface area contributed by atoms with Crippen LogP contribution >= 0.6 is 15.9 Å². The van der Waals surface area contributed by atoms with Crippen LogP contribution in [-0.2, 0) is 0 Å². The van der Waals surface area contributed by atoms with Gasteiger partial charge >= 0.3 is 5.69 Å². The van der Waals surface area contributed by atoms with Gasteiger partial charge in [0.15, 0.2) is 5.89 Å². The van der Waals surface area contributed by atoms with E-state index in [1.165, 1.54) is 6.07 Å². The van der Waals surface area contributed by atoms with Crippen LogP contribution in [0.5, 0.6) is 0 Å². The summed E-state index contributed by atoms with van der Waals surface area (Å²) in [6, 6.07) is 3.08. The van der Waals surface area contributed by atoms with Crippen LogP contribution in [0.1, 0.15) is 5.89 Å². The van der Waals surface area contributed by atoms with Crippen molar-refractivity contribution >= 4 is 32.7 Å². The van der Waals surface area contributed by atoms with Gasteiger partial charge in [-0.3, -0.25) is 10.1 Å². The Hall–Kier alpha value is -1.43. The highest BCUT2D eigenvalue weighted by atomic mass is 79.9. The zero-order valence-electron chi connectivity index (χ0n) is 7.15. The van der Waals surface area contributed by atoms with Crippen LogP contribution in [0.25, 0.3) is 11.1 Å². The Morgan fingerprint density at radius 2 is 2.29 bits per heavy atom. The van der Waals surface area contributed by atoms with Crippen molar-refractivity contribution in [2.45, 2.75) is 6.92 Å². The number of nitro benzene ring substituents is 1. The Kier molecular flexibility index (Phi) is 1.99. The van der Waals surface area contributed by atoms with Gasteiger partial charge in [-0.05, 0) is 6.07 Å². The highest BCUT2D eigenvalue weighted by Crippen LogP contribution is 2.30. The molecule has 0 N–H and O–H groups in total. The minimum Gasteiger partial charge on any atom is -0.434 e. The van der Waals surface area contributed by atoms with Gasteiger partial charge in [0, 0.05) is 17.5 Å². The molecule has 6 heteroatoms. The van der Waals surface area contributed by atoms with Gasteiger partial charge in [0.25, 0.3) is 0 Å². The minimum absolute atomic E-state index is 0.0741. The van der Waals surface area contributed by atoms with E-state index in [1.54, 1.807) is 13.0 Å². The van der Waals surface area contributed by atoms with Gasteiger partial charge in [0.1, 0.15) is 5.52 Å². The Balaban J connectivity index is 2.85. The van der Waals surface area contributed by atoms with Crippen LogP contribution in [0.2, 0.25) is 0 Å². The molecule has 0 aliphatic heterocycles. The molecule has 14 heavy (non-hydrogen) atoms. The van der Waals surface area contributed by atoms with Crippen molar-refractivity contribution in [3.05, 3.63) is 32.6 Å².